The molecule has 6 nitrogen and oxygen atoms in total. The van der Waals surface area contributed by atoms with E-state index in [2.05, 4.69) is 15.3 Å². The van der Waals surface area contributed by atoms with Gasteiger partial charge in [-0.3, -0.25) is 4.79 Å². The number of nitrogens with two attached hydrogens (primary N) is 1. The van der Waals surface area contributed by atoms with Gasteiger partial charge in [0.25, 0.3) is 5.91 Å². The maximum Gasteiger partial charge on any atom is 0.254 e. The van der Waals surface area contributed by atoms with Gasteiger partial charge in [-0.2, -0.15) is 0 Å². The number of carbonyl (C=O) groups excluding carboxylic acids is 1. The lowest BCUT2D eigenvalue weighted by Crippen LogP contribution is -2.47. The summed E-state index contributed by atoms with van der Waals surface area (Å²) in [5, 5.41) is 13.6. The predicted octanol–water partition coefficient (Wildman–Crippen LogP) is 2.41. The fourth-order valence-corrected chi connectivity index (χ4v) is 3.98. The summed E-state index contributed by atoms with van der Waals surface area (Å²) in [5.74, 6) is 0.741. The molecular weight excluding hydrogens is 304 g/mol. The number of nitrogens with one attached hydrogen (secondary N) is 1. The number of hydrogen-bond donors (Lipinski definition) is 3. The number of amides is 1. The van der Waals surface area contributed by atoms with E-state index in [0.29, 0.717) is 11.4 Å². The van der Waals surface area contributed by atoms with Gasteiger partial charge in [0, 0.05) is 18.2 Å². The molecule has 0 atom stereocenters. The van der Waals surface area contributed by atoms with Crippen LogP contribution in [-0.2, 0) is 6.42 Å². The van der Waals surface area contributed by atoms with Crippen molar-refractivity contribution in [3.63, 3.8) is 0 Å². The monoisotopic (exact) mass is 332 g/mol. The van der Waals surface area contributed by atoms with Crippen LogP contribution in [0.3, 0.4) is 0 Å². The highest BCUT2D eigenvalue weighted by Gasteiger charge is 2.47. The largest absolute Gasteiger partial charge is 0.390 e. The van der Waals surface area contributed by atoms with Crippen molar-refractivity contribution in [3.8, 4) is 0 Å². The van der Waals surface area contributed by atoms with Gasteiger partial charge >= 0.3 is 0 Å². The summed E-state index contributed by atoms with van der Waals surface area (Å²) in [6.07, 6.45) is 8.02. The normalized spacial score (nSPS) is 29.5. The Morgan fingerprint density at radius 1 is 1.25 bits per heavy atom. The lowest BCUT2D eigenvalue weighted by atomic mass is 9.57. The molecule has 3 aliphatic rings. The summed E-state index contributed by atoms with van der Waals surface area (Å²) < 4.78 is 0. The molecule has 132 valence electrons. The number of nitrogens with zero attached hydrogens (tertiary/aromatic N) is 2. The summed E-state index contributed by atoms with van der Waals surface area (Å²) in [6, 6.07) is 0. The standard InChI is InChI=1S/C18H28N4O2/c1-16(2,3)22-15-12(14(19)23)11-20-13(21-15)10-17-4-7-18(24,8-5-17)9-6-17/h11,24H,4-10H2,1-3H3,(H2,19,23)(H,20,21,22). The van der Waals surface area contributed by atoms with Crippen LogP contribution < -0.4 is 11.1 Å². The zero-order valence-electron chi connectivity index (χ0n) is 14.9. The topological polar surface area (TPSA) is 101 Å². The van der Waals surface area contributed by atoms with Gasteiger partial charge in [0.1, 0.15) is 11.6 Å². The molecule has 0 aromatic carbocycles. The van der Waals surface area contributed by atoms with E-state index < -0.39 is 11.5 Å². The van der Waals surface area contributed by atoms with E-state index in [-0.39, 0.29) is 11.0 Å². The van der Waals surface area contributed by atoms with Crippen LogP contribution >= 0.6 is 0 Å². The molecule has 0 radical (unpaired) electrons. The number of primary amides is 1. The van der Waals surface area contributed by atoms with Crippen molar-refractivity contribution in [1.29, 1.82) is 0 Å². The van der Waals surface area contributed by atoms with Gasteiger partial charge in [-0.1, -0.05) is 0 Å². The quantitative estimate of drug-likeness (QED) is 0.786. The zero-order valence-corrected chi connectivity index (χ0v) is 14.9. The van der Waals surface area contributed by atoms with Crippen molar-refractivity contribution in [2.24, 2.45) is 11.1 Å². The van der Waals surface area contributed by atoms with Gasteiger partial charge in [0.15, 0.2) is 0 Å². The first kappa shape index (κ1) is 17.1. The van der Waals surface area contributed by atoms with E-state index >= 15 is 0 Å². The number of rotatable bonds is 4. The van der Waals surface area contributed by atoms with E-state index in [4.69, 9.17) is 5.73 Å². The molecule has 1 amide bonds. The minimum Gasteiger partial charge on any atom is -0.390 e. The van der Waals surface area contributed by atoms with Crippen molar-refractivity contribution in [1.82, 2.24) is 9.97 Å². The average molecular weight is 332 g/mol. The van der Waals surface area contributed by atoms with Crippen molar-refractivity contribution < 1.29 is 9.90 Å². The third-order valence-electron chi connectivity index (χ3n) is 5.49. The highest BCUT2D eigenvalue weighted by Crippen LogP contribution is 2.53. The highest BCUT2D eigenvalue weighted by molar-refractivity contribution is 5.97. The van der Waals surface area contributed by atoms with Gasteiger partial charge < -0.3 is 16.2 Å². The number of fused-ring (bicyclic) bond motifs is 3. The molecule has 3 fully saturated rings. The van der Waals surface area contributed by atoms with E-state index in [9.17, 15) is 9.90 Å². The van der Waals surface area contributed by atoms with Gasteiger partial charge in [-0.25, -0.2) is 9.97 Å². The summed E-state index contributed by atoms with van der Waals surface area (Å²) in [4.78, 5) is 20.7. The molecular formula is C18H28N4O2. The summed E-state index contributed by atoms with van der Waals surface area (Å²) in [7, 11) is 0. The second-order valence-corrected chi connectivity index (χ2v) is 8.69. The Bertz CT molecular complexity index is 626. The molecule has 3 saturated carbocycles. The van der Waals surface area contributed by atoms with Crippen molar-refractivity contribution in [3.05, 3.63) is 17.6 Å². The number of aromatic nitrogens is 2. The fourth-order valence-electron chi connectivity index (χ4n) is 3.98. The molecule has 24 heavy (non-hydrogen) atoms. The Balaban J connectivity index is 1.84. The molecule has 0 saturated heterocycles. The lowest BCUT2D eigenvalue weighted by Gasteiger charge is -2.50. The van der Waals surface area contributed by atoms with E-state index in [0.717, 1.165) is 50.8 Å². The second kappa shape index (κ2) is 5.69. The molecule has 1 aromatic rings. The highest BCUT2D eigenvalue weighted by atomic mass is 16.3. The number of carbonyl (C=O) groups is 1. The predicted molar refractivity (Wildman–Crippen MR) is 92.7 cm³/mol. The summed E-state index contributed by atoms with van der Waals surface area (Å²) >= 11 is 0. The summed E-state index contributed by atoms with van der Waals surface area (Å²) in [5.41, 5.74) is 5.32. The fraction of sp³-hybridized carbons (Fsp3) is 0.722. The Kier molecular flexibility index (Phi) is 4.06. The molecule has 2 bridgehead atoms. The summed E-state index contributed by atoms with van der Waals surface area (Å²) in [6.45, 7) is 6.05. The number of anilines is 1. The smallest absolute Gasteiger partial charge is 0.254 e. The van der Waals surface area contributed by atoms with Crippen LogP contribution in [-0.4, -0.2) is 32.1 Å². The minimum atomic E-state index is -0.521. The maximum absolute atomic E-state index is 11.6. The van der Waals surface area contributed by atoms with Crippen molar-refractivity contribution in [2.75, 3.05) is 5.32 Å². The van der Waals surface area contributed by atoms with Crippen LogP contribution in [0, 0.1) is 5.41 Å². The molecule has 4 N–H and O–H groups in total. The van der Waals surface area contributed by atoms with Crippen LogP contribution in [0.1, 0.15) is 75.5 Å². The van der Waals surface area contributed by atoms with E-state index in [1.54, 1.807) is 0 Å². The van der Waals surface area contributed by atoms with Crippen LogP contribution in [0.2, 0.25) is 0 Å². The van der Waals surface area contributed by atoms with Crippen molar-refractivity contribution >= 4 is 11.7 Å². The molecule has 1 aromatic heterocycles. The first-order valence-electron chi connectivity index (χ1n) is 8.76. The molecule has 3 aliphatic carbocycles. The van der Waals surface area contributed by atoms with E-state index in [1.165, 1.54) is 6.20 Å². The Morgan fingerprint density at radius 2 is 1.83 bits per heavy atom. The van der Waals surface area contributed by atoms with Gasteiger partial charge in [-0.15, -0.1) is 0 Å². The van der Waals surface area contributed by atoms with Crippen molar-refractivity contribution in [2.45, 2.75) is 76.9 Å². The molecule has 4 rings (SSSR count). The third-order valence-corrected chi connectivity index (χ3v) is 5.49. The molecule has 1 heterocycles. The maximum atomic E-state index is 11.6. The zero-order chi connectivity index (χ0) is 17.6. The van der Waals surface area contributed by atoms with Crippen LogP contribution in [0.5, 0.6) is 0 Å². The minimum absolute atomic E-state index is 0.192. The SMILES string of the molecule is CC(C)(C)Nc1nc(CC23CCC(O)(CC2)CC3)ncc1C(N)=O. The Morgan fingerprint density at radius 3 is 2.33 bits per heavy atom. The van der Waals surface area contributed by atoms with Crippen LogP contribution in [0.25, 0.3) is 0 Å². The molecule has 0 aliphatic heterocycles. The van der Waals surface area contributed by atoms with Gasteiger partial charge in [0.05, 0.1) is 11.2 Å². The third kappa shape index (κ3) is 3.53. The van der Waals surface area contributed by atoms with Gasteiger partial charge in [-0.05, 0) is 64.7 Å². The lowest BCUT2D eigenvalue weighted by molar-refractivity contribution is -0.0920. The van der Waals surface area contributed by atoms with Crippen LogP contribution in [0.15, 0.2) is 6.20 Å². The first-order chi connectivity index (χ1) is 11.1. The molecule has 0 spiro atoms. The van der Waals surface area contributed by atoms with Crippen LogP contribution in [0.4, 0.5) is 5.82 Å². The average Bonchev–Trinajstić information content (AvgIpc) is 2.47. The Hall–Kier alpha value is -1.69. The molecule has 6 heteroatoms. The van der Waals surface area contributed by atoms with E-state index in [1.807, 2.05) is 20.8 Å². The first-order valence-corrected chi connectivity index (χ1v) is 8.76. The number of aliphatic hydroxyl groups is 1. The van der Waals surface area contributed by atoms with Gasteiger partial charge in [0.2, 0.25) is 0 Å². The Labute approximate surface area is 143 Å². The second-order valence-electron chi connectivity index (χ2n) is 8.69. The number of hydrogen-bond acceptors (Lipinski definition) is 5. The molecule has 0 unspecified atom stereocenters.